The summed E-state index contributed by atoms with van der Waals surface area (Å²) in [6, 6.07) is 13.0. The zero-order chi connectivity index (χ0) is 21.5. The lowest BCUT2D eigenvalue weighted by Crippen LogP contribution is -2.34. The van der Waals surface area contributed by atoms with Crippen LogP contribution in [0.15, 0.2) is 47.4 Å². The van der Waals surface area contributed by atoms with Gasteiger partial charge in [0.2, 0.25) is 5.91 Å². The second kappa shape index (κ2) is 10.6. The number of alkyl halides is 2. The molecule has 1 amide bonds. The zero-order valence-corrected chi connectivity index (χ0v) is 17.9. The third kappa shape index (κ3) is 6.34. The molecule has 1 aliphatic carbocycles. The number of carbonyl (C=O) groups is 1. The Morgan fingerprint density at radius 3 is 2.67 bits per heavy atom. The number of thioether (sulfide) groups is 1. The summed E-state index contributed by atoms with van der Waals surface area (Å²) in [7, 11) is 0. The van der Waals surface area contributed by atoms with Gasteiger partial charge in [-0.15, -0.1) is 11.8 Å². The molecule has 0 spiro atoms. The van der Waals surface area contributed by atoms with E-state index >= 15 is 0 Å². The summed E-state index contributed by atoms with van der Waals surface area (Å²) in [4.78, 5) is 15.8. The number of para-hydroxylation sites is 1. The average molecular weight is 437 g/mol. The molecule has 0 radical (unpaired) electrons. The molecule has 0 aliphatic heterocycles. The van der Waals surface area contributed by atoms with E-state index in [0.717, 1.165) is 29.0 Å². The summed E-state index contributed by atoms with van der Waals surface area (Å²) >= 11 is 1.58. The van der Waals surface area contributed by atoms with Crippen molar-refractivity contribution in [3.05, 3.63) is 48.0 Å². The van der Waals surface area contributed by atoms with Crippen molar-refractivity contribution < 1.29 is 23.0 Å². The van der Waals surface area contributed by atoms with Crippen LogP contribution in [0.2, 0.25) is 0 Å². The minimum absolute atomic E-state index is 0.0139. The Morgan fingerprint density at radius 2 is 2.00 bits per heavy atom. The van der Waals surface area contributed by atoms with Crippen molar-refractivity contribution in [2.75, 3.05) is 24.7 Å². The molecule has 162 valence electrons. The number of nitrogens with zero attached hydrogens (tertiary/aromatic N) is 1. The molecule has 1 fully saturated rings. The smallest absolute Gasteiger partial charge is 0.387 e. The Morgan fingerprint density at radius 1 is 1.23 bits per heavy atom. The number of amides is 1. The van der Waals surface area contributed by atoms with E-state index in [4.69, 9.17) is 4.74 Å². The maximum Gasteiger partial charge on any atom is 0.387 e. The van der Waals surface area contributed by atoms with Crippen LogP contribution in [0, 0.1) is 0 Å². The molecule has 8 heteroatoms. The van der Waals surface area contributed by atoms with E-state index < -0.39 is 6.61 Å². The van der Waals surface area contributed by atoms with Crippen LogP contribution in [0.25, 0.3) is 0 Å². The quantitative estimate of drug-likeness (QED) is 0.502. The van der Waals surface area contributed by atoms with Crippen LogP contribution in [0.1, 0.15) is 25.3 Å². The van der Waals surface area contributed by atoms with Gasteiger partial charge in [-0.05, 0) is 55.9 Å². The van der Waals surface area contributed by atoms with E-state index in [9.17, 15) is 13.6 Å². The van der Waals surface area contributed by atoms with Gasteiger partial charge >= 0.3 is 6.61 Å². The van der Waals surface area contributed by atoms with Gasteiger partial charge in [0.05, 0.1) is 18.8 Å². The first-order chi connectivity index (χ1) is 14.5. The van der Waals surface area contributed by atoms with Gasteiger partial charge in [-0.2, -0.15) is 8.78 Å². The van der Waals surface area contributed by atoms with Crippen molar-refractivity contribution in [2.24, 2.45) is 0 Å². The molecule has 1 saturated carbocycles. The van der Waals surface area contributed by atoms with Crippen LogP contribution < -0.4 is 14.8 Å². The molecule has 0 bridgehead atoms. The molecule has 2 aromatic rings. The number of carbonyl (C=O) groups excluding carboxylic acids is 1. The molecule has 0 heterocycles. The Hall–Kier alpha value is -2.32. The number of ether oxygens (including phenoxy) is 2. The highest BCUT2D eigenvalue weighted by Gasteiger charge is 2.30. The van der Waals surface area contributed by atoms with Crippen LogP contribution in [0.3, 0.4) is 0 Å². The predicted octanol–water partition coefficient (Wildman–Crippen LogP) is 5.01. The highest BCUT2D eigenvalue weighted by molar-refractivity contribution is 7.98. The molecule has 5 nitrogen and oxygen atoms in total. The summed E-state index contributed by atoms with van der Waals surface area (Å²) in [6.45, 7) is -0.00580. The van der Waals surface area contributed by atoms with Crippen LogP contribution in [0.5, 0.6) is 11.5 Å². The molecule has 30 heavy (non-hydrogen) atoms. The number of benzene rings is 2. The van der Waals surface area contributed by atoms with Gasteiger partial charge in [0, 0.05) is 17.5 Å². The highest BCUT2D eigenvalue weighted by Crippen LogP contribution is 2.33. The van der Waals surface area contributed by atoms with E-state index in [1.54, 1.807) is 30.8 Å². The van der Waals surface area contributed by atoms with E-state index in [1.807, 2.05) is 30.5 Å². The Kier molecular flexibility index (Phi) is 7.93. The maximum absolute atomic E-state index is 12.7. The minimum Gasteiger partial charge on any atom is -0.490 e. The number of nitrogens with one attached hydrogen (secondary N) is 1. The molecular weight excluding hydrogens is 410 g/mol. The number of halogens is 2. The van der Waals surface area contributed by atoms with E-state index in [0.29, 0.717) is 19.2 Å². The number of anilines is 1. The summed E-state index contributed by atoms with van der Waals surface area (Å²) in [5.74, 6) is 0.218. The first-order valence-electron chi connectivity index (χ1n) is 9.87. The van der Waals surface area contributed by atoms with Gasteiger partial charge < -0.3 is 14.8 Å². The maximum atomic E-state index is 12.7. The third-order valence-electron chi connectivity index (χ3n) is 4.70. The summed E-state index contributed by atoms with van der Waals surface area (Å²) < 4.78 is 35.2. The molecule has 0 aromatic heterocycles. The van der Waals surface area contributed by atoms with Crippen molar-refractivity contribution in [3.8, 4) is 11.5 Å². The molecule has 0 atom stereocenters. The highest BCUT2D eigenvalue weighted by atomic mass is 32.2. The van der Waals surface area contributed by atoms with Crippen molar-refractivity contribution in [2.45, 2.75) is 43.9 Å². The Bertz CT molecular complexity index is 862. The number of hydrogen-bond donors (Lipinski definition) is 1. The summed E-state index contributed by atoms with van der Waals surface area (Å²) in [5.41, 5.74) is 1.68. The molecule has 3 rings (SSSR count). The molecule has 1 aliphatic rings. The van der Waals surface area contributed by atoms with Crippen molar-refractivity contribution in [1.82, 2.24) is 4.90 Å². The predicted molar refractivity (Wildman–Crippen MR) is 115 cm³/mol. The van der Waals surface area contributed by atoms with Gasteiger partial charge in [0.15, 0.2) is 11.5 Å². The first-order valence-corrected chi connectivity index (χ1v) is 11.1. The van der Waals surface area contributed by atoms with E-state index in [1.165, 1.54) is 6.07 Å². The SMILES string of the molecule is CCOc1cc(CN(CC(=O)Nc2ccccc2SC)C2CC2)ccc1OC(F)F. The molecule has 1 N–H and O–H groups in total. The lowest BCUT2D eigenvalue weighted by atomic mass is 10.2. The van der Waals surface area contributed by atoms with Gasteiger partial charge in [-0.3, -0.25) is 9.69 Å². The van der Waals surface area contributed by atoms with Gasteiger partial charge in [-0.25, -0.2) is 0 Å². The second-order valence-corrected chi connectivity index (χ2v) is 7.83. The molecule has 2 aromatic carbocycles. The fraction of sp³-hybridized carbons (Fsp3) is 0.409. The Balaban J connectivity index is 1.68. The van der Waals surface area contributed by atoms with Crippen molar-refractivity contribution in [3.63, 3.8) is 0 Å². The summed E-state index contributed by atoms with van der Waals surface area (Å²) in [6.07, 6.45) is 4.05. The molecular formula is C22H26F2N2O3S. The van der Waals surface area contributed by atoms with Crippen LogP contribution in [-0.4, -0.2) is 42.9 Å². The van der Waals surface area contributed by atoms with Crippen molar-refractivity contribution in [1.29, 1.82) is 0 Å². The fourth-order valence-corrected chi connectivity index (χ4v) is 3.78. The van der Waals surface area contributed by atoms with E-state index in [2.05, 4.69) is 15.0 Å². The fourth-order valence-electron chi connectivity index (χ4n) is 3.22. The van der Waals surface area contributed by atoms with Gasteiger partial charge in [0.25, 0.3) is 0 Å². The lowest BCUT2D eigenvalue weighted by molar-refractivity contribution is -0.117. The second-order valence-electron chi connectivity index (χ2n) is 6.98. The van der Waals surface area contributed by atoms with Crippen LogP contribution >= 0.6 is 11.8 Å². The number of hydrogen-bond acceptors (Lipinski definition) is 5. The normalized spacial score (nSPS) is 13.5. The molecule has 0 unspecified atom stereocenters. The Labute approximate surface area is 179 Å². The first kappa shape index (κ1) is 22.4. The van der Waals surface area contributed by atoms with Crippen LogP contribution in [-0.2, 0) is 11.3 Å². The topological polar surface area (TPSA) is 50.8 Å². The monoisotopic (exact) mass is 436 g/mol. The van der Waals surface area contributed by atoms with Crippen molar-refractivity contribution >= 4 is 23.4 Å². The third-order valence-corrected chi connectivity index (χ3v) is 5.50. The number of rotatable bonds is 11. The zero-order valence-electron chi connectivity index (χ0n) is 17.1. The largest absolute Gasteiger partial charge is 0.490 e. The molecule has 0 saturated heterocycles. The lowest BCUT2D eigenvalue weighted by Gasteiger charge is -2.22. The minimum atomic E-state index is -2.91. The van der Waals surface area contributed by atoms with Gasteiger partial charge in [-0.1, -0.05) is 18.2 Å². The summed E-state index contributed by atoms with van der Waals surface area (Å²) in [5, 5.41) is 2.99. The van der Waals surface area contributed by atoms with Crippen LogP contribution in [0.4, 0.5) is 14.5 Å². The average Bonchev–Trinajstić information content (AvgIpc) is 3.55. The van der Waals surface area contributed by atoms with Gasteiger partial charge in [0.1, 0.15) is 0 Å². The standard InChI is InChI=1S/C22H26F2N2O3S/c1-3-28-19-12-15(8-11-18(19)29-22(23)24)13-26(16-9-10-16)14-21(27)25-17-6-4-5-7-20(17)30-2/h4-8,11-12,16,22H,3,9-10,13-14H2,1-2H3,(H,25,27). The van der Waals surface area contributed by atoms with E-state index in [-0.39, 0.29) is 24.0 Å².